The average molecular weight is 804 g/mol. The van der Waals surface area contributed by atoms with E-state index < -0.39 is 0 Å². The fourth-order valence-electron chi connectivity index (χ4n) is 10.1. The summed E-state index contributed by atoms with van der Waals surface area (Å²) in [5.41, 5.74) is 14.9. The average Bonchev–Trinajstić information content (AvgIpc) is 3.59. The molecule has 1 aliphatic rings. The molecule has 0 fully saturated rings. The van der Waals surface area contributed by atoms with Gasteiger partial charge < -0.3 is 0 Å². The van der Waals surface area contributed by atoms with Gasteiger partial charge in [-0.1, -0.05) is 214 Å². The lowest BCUT2D eigenvalue weighted by Gasteiger charge is -2.24. The molecule has 3 heteroatoms. The molecule has 0 N–H and O–H groups in total. The summed E-state index contributed by atoms with van der Waals surface area (Å²) in [6.07, 6.45) is 0. The molecule has 11 aromatic rings. The first-order chi connectivity index (χ1) is 31.0. The molecule has 0 radical (unpaired) electrons. The molecular weight excluding hydrogens is 763 g/mol. The highest BCUT2D eigenvalue weighted by atomic mass is 15.0. The van der Waals surface area contributed by atoms with Gasteiger partial charge in [0, 0.05) is 22.1 Å². The molecule has 1 heterocycles. The minimum Gasteiger partial charge on any atom is -0.208 e. The Bertz CT molecular complexity index is 3590. The van der Waals surface area contributed by atoms with Crippen LogP contribution in [0.1, 0.15) is 25.0 Å². The van der Waals surface area contributed by atoms with E-state index in [1.165, 1.54) is 65.7 Å². The van der Waals surface area contributed by atoms with Crippen LogP contribution < -0.4 is 0 Å². The number of hydrogen-bond donors (Lipinski definition) is 0. The van der Waals surface area contributed by atoms with E-state index in [-0.39, 0.29) is 5.41 Å². The molecule has 0 amide bonds. The van der Waals surface area contributed by atoms with Crippen LogP contribution in [0.15, 0.2) is 212 Å². The van der Waals surface area contributed by atoms with Crippen LogP contribution in [-0.4, -0.2) is 15.0 Å². The molecule has 0 aliphatic heterocycles. The summed E-state index contributed by atoms with van der Waals surface area (Å²) in [6, 6.07) is 76.1. The van der Waals surface area contributed by atoms with Crippen molar-refractivity contribution in [2.75, 3.05) is 0 Å². The van der Waals surface area contributed by atoms with Crippen molar-refractivity contribution in [1.29, 1.82) is 0 Å². The van der Waals surface area contributed by atoms with Crippen molar-refractivity contribution in [2.24, 2.45) is 0 Å². The molecule has 0 atom stereocenters. The second-order valence-corrected chi connectivity index (χ2v) is 17.1. The lowest BCUT2D eigenvalue weighted by atomic mass is 9.79. The molecular formula is C60H41N3. The molecule has 0 saturated carbocycles. The first-order valence-electron chi connectivity index (χ1n) is 21.7. The van der Waals surface area contributed by atoms with Crippen molar-refractivity contribution in [3.05, 3.63) is 223 Å². The van der Waals surface area contributed by atoms with Crippen molar-refractivity contribution in [1.82, 2.24) is 15.0 Å². The Morgan fingerprint density at radius 2 is 0.873 bits per heavy atom. The minimum absolute atomic E-state index is 0.147. The molecule has 12 rings (SSSR count). The van der Waals surface area contributed by atoms with Crippen molar-refractivity contribution in [2.45, 2.75) is 19.3 Å². The Morgan fingerprint density at radius 3 is 1.70 bits per heavy atom. The van der Waals surface area contributed by atoms with Gasteiger partial charge in [0.05, 0.1) is 0 Å². The predicted molar refractivity (Wildman–Crippen MR) is 263 cm³/mol. The summed E-state index contributed by atoms with van der Waals surface area (Å²) in [7, 11) is 0. The zero-order valence-electron chi connectivity index (χ0n) is 35.0. The first-order valence-corrected chi connectivity index (χ1v) is 21.7. The van der Waals surface area contributed by atoms with Gasteiger partial charge in [-0.25, -0.2) is 15.0 Å². The van der Waals surface area contributed by atoms with Gasteiger partial charge in [-0.2, -0.15) is 0 Å². The van der Waals surface area contributed by atoms with Gasteiger partial charge in [0.15, 0.2) is 17.5 Å². The number of fused-ring (bicyclic) bond motifs is 7. The topological polar surface area (TPSA) is 38.7 Å². The van der Waals surface area contributed by atoms with Gasteiger partial charge >= 0.3 is 0 Å². The highest BCUT2D eigenvalue weighted by Crippen LogP contribution is 2.52. The van der Waals surface area contributed by atoms with Crippen LogP contribution >= 0.6 is 0 Å². The molecule has 10 aromatic carbocycles. The summed E-state index contributed by atoms with van der Waals surface area (Å²) in [4.78, 5) is 15.8. The SMILES string of the molecule is CC1(C)c2ccccc2-c2cccc(-c3cccc(-c4nc(-c5ccc(-c6c7ccccc7cc7c6ccc6ccccc67)cc5)nc(-c5ccccc5-c5ccccc5)n4)c3)c21. The summed E-state index contributed by atoms with van der Waals surface area (Å²) < 4.78 is 0. The molecule has 63 heavy (non-hydrogen) atoms. The first kappa shape index (κ1) is 36.8. The molecule has 0 saturated heterocycles. The van der Waals surface area contributed by atoms with Crippen molar-refractivity contribution < 1.29 is 0 Å². The smallest absolute Gasteiger partial charge is 0.164 e. The minimum atomic E-state index is -0.147. The fraction of sp³-hybridized carbons (Fsp3) is 0.0500. The maximum Gasteiger partial charge on any atom is 0.164 e. The van der Waals surface area contributed by atoms with Gasteiger partial charge in [-0.05, 0) is 100 Å². The van der Waals surface area contributed by atoms with Crippen LogP contribution in [0.5, 0.6) is 0 Å². The third-order valence-electron chi connectivity index (χ3n) is 13.1. The number of nitrogens with zero attached hydrogens (tertiary/aromatic N) is 3. The fourth-order valence-corrected chi connectivity index (χ4v) is 10.1. The molecule has 0 unspecified atom stereocenters. The van der Waals surface area contributed by atoms with Crippen LogP contribution in [-0.2, 0) is 5.41 Å². The number of hydrogen-bond acceptors (Lipinski definition) is 3. The molecule has 3 nitrogen and oxygen atoms in total. The Labute approximate surface area is 367 Å². The highest BCUT2D eigenvalue weighted by molar-refractivity contribution is 6.20. The van der Waals surface area contributed by atoms with Crippen LogP contribution in [0.25, 0.3) is 111 Å². The van der Waals surface area contributed by atoms with E-state index in [1.54, 1.807) is 0 Å². The lowest BCUT2D eigenvalue weighted by Crippen LogP contribution is -2.16. The van der Waals surface area contributed by atoms with Crippen LogP contribution in [0, 0.1) is 0 Å². The maximum absolute atomic E-state index is 5.29. The predicted octanol–water partition coefficient (Wildman–Crippen LogP) is 15.6. The Hall–Kier alpha value is -8.01. The summed E-state index contributed by atoms with van der Waals surface area (Å²) in [5, 5.41) is 7.44. The number of aromatic nitrogens is 3. The summed E-state index contributed by atoms with van der Waals surface area (Å²) in [6.45, 7) is 4.69. The van der Waals surface area contributed by atoms with Crippen LogP contribution in [0.3, 0.4) is 0 Å². The summed E-state index contributed by atoms with van der Waals surface area (Å²) in [5.74, 6) is 1.89. The molecule has 296 valence electrons. The molecule has 1 aromatic heterocycles. The van der Waals surface area contributed by atoms with Gasteiger partial charge in [-0.15, -0.1) is 0 Å². The quantitative estimate of drug-likeness (QED) is 0.124. The largest absolute Gasteiger partial charge is 0.208 e. The Kier molecular flexibility index (Phi) is 8.52. The second-order valence-electron chi connectivity index (χ2n) is 17.1. The zero-order chi connectivity index (χ0) is 42.1. The van der Waals surface area contributed by atoms with E-state index in [1.807, 2.05) is 6.07 Å². The van der Waals surface area contributed by atoms with Crippen LogP contribution in [0.2, 0.25) is 0 Å². The Morgan fingerprint density at radius 1 is 0.302 bits per heavy atom. The third-order valence-corrected chi connectivity index (χ3v) is 13.1. The van der Waals surface area contributed by atoms with Gasteiger partial charge in [0.2, 0.25) is 0 Å². The van der Waals surface area contributed by atoms with E-state index in [4.69, 9.17) is 15.0 Å². The number of rotatable bonds is 6. The van der Waals surface area contributed by atoms with E-state index in [0.717, 1.165) is 38.9 Å². The monoisotopic (exact) mass is 803 g/mol. The summed E-state index contributed by atoms with van der Waals surface area (Å²) >= 11 is 0. The van der Waals surface area contributed by atoms with Crippen molar-refractivity contribution >= 4 is 32.3 Å². The Balaban J connectivity index is 1.02. The van der Waals surface area contributed by atoms with E-state index in [9.17, 15) is 0 Å². The maximum atomic E-state index is 5.29. The highest BCUT2D eigenvalue weighted by Gasteiger charge is 2.37. The van der Waals surface area contributed by atoms with Crippen molar-refractivity contribution in [3.8, 4) is 78.7 Å². The molecule has 1 aliphatic carbocycles. The van der Waals surface area contributed by atoms with Crippen molar-refractivity contribution in [3.63, 3.8) is 0 Å². The van der Waals surface area contributed by atoms with E-state index in [2.05, 4.69) is 220 Å². The zero-order valence-corrected chi connectivity index (χ0v) is 35.0. The molecule has 0 spiro atoms. The number of benzene rings is 10. The second kappa shape index (κ2) is 14.6. The normalized spacial score (nSPS) is 12.7. The van der Waals surface area contributed by atoms with Gasteiger partial charge in [-0.3, -0.25) is 0 Å². The van der Waals surface area contributed by atoms with Gasteiger partial charge in [0.25, 0.3) is 0 Å². The lowest BCUT2D eigenvalue weighted by molar-refractivity contribution is 0.662. The third kappa shape index (κ3) is 6.07. The van der Waals surface area contributed by atoms with E-state index in [0.29, 0.717) is 17.5 Å². The molecule has 0 bridgehead atoms. The van der Waals surface area contributed by atoms with Gasteiger partial charge in [0.1, 0.15) is 0 Å². The van der Waals surface area contributed by atoms with E-state index >= 15 is 0 Å². The standard InChI is InChI=1S/C60H41N3/c1-60(2)54-29-13-12-25-49(54)51-28-15-27-48(56(51)60)42-20-14-21-44(36-42)58-61-57(62-59(63-58)52-26-11-10-22-45(52)38-16-4-3-5-17-38)41-32-30-40(31-33-41)55-47-24-9-7-19-43(47)37-53-46-23-8-6-18-39(46)34-35-50(53)55/h3-37H,1-2H3. The van der Waals surface area contributed by atoms with Crippen LogP contribution in [0.4, 0.5) is 0 Å².